The third kappa shape index (κ3) is 1.98. The van der Waals surface area contributed by atoms with Crippen molar-refractivity contribution in [2.45, 2.75) is 0 Å². The minimum atomic E-state index is -0.888. The summed E-state index contributed by atoms with van der Waals surface area (Å²) in [6.07, 6.45) is 1.43. The summed E-state index contributed by atoms with van der Waals surface area (Å²) >= 11 is 0.522. The number of hydrogen-bond acceptors (Lipinski definition) is 6. The van der Waals surface area contributed by atoms with Crippen LogP contribution in [0.5, 0.6) is 0 Å². The summed E-state index contributed by atoms with van der Waals surface area (Å²) in [5.74, 6) is 0. The number of aromatic nitrogens is 6. The van der Waals surface area contributed by atoms with E-state index in [0.29, 0.717) is 14.7 Å². The number of aryl methyl sites for hydroxylation is 1. The summed E-state index contributed by atoms with van der Waals surface area (Å²) in [6.45, 7) is 0. The average molecular weight is 427 g/mol. The van der Waals surface area contributed by atoms with Crippen LogP contribution in [0.3, 0.4) is 0 Å². The van der Waals surface area contributed by atoms with Crippen LogP contribution >= 0.6 is 11.5 Å². The Bertz CT molecular complexity index is 1120. The van der Waals surface area contributed by atoms with Crippen LogP contribution in [0.15, 0.2) is 40.2 Å². The molecule has 0 bridgehead atoms. The molecule has 22 heavy (non-hydrogen) atoms. The van der Waals surface area contributed by atoms with Crippen LogP contribution in [0.1, 0.15) is 0 Å². The summed E-state index contributed by atoms with van der Waals surface area (Å²) in [5.41, 5.74) is 0.0862. The maximum atomic E-state index is 12.4. The van der Waals surface area contributed by atoms with E-state index < -0.39 is 21.5 Å². The fraction of sp³-hybridized carbons (Fsp3) is 0.0833. The SMILES string of the molecule is Cn1nnc2c([I-]n3sc4ccccc4c3=O)ncn2c1=O. The molecule has 0 aliphatic rings. The Hall–Kier alpha value is -2.08. The molecule has 0 saturated heterocycles. The first kappa shape index (κ1) is 13.6. The van der Waals surface area contributed by atoms with E-state index in [-0.39, 0.29) is 11.2 Å². The number of benzene rings is 1. The summed E-state index contributed by atoms with van der Waals surface area (Å²) in [6, 6.07) is 7.49. The zero-order valence-electron chi connectivity index (χ0n) is 11.2. The molecule has 0 atom stereocenters. The zero-order chi connectivity index (χ0) is 15.3. The van der Waals surface area contributed by atoms with E-state index in [1.807, 2.05) is 24.3 Å². The van der Waals surface area contributed by atoms with Gasteiger partial charge in [-0.05, 0) is 0 Å². The van der Waals surface area contributed by atoms with Gasteiger partial charge in [0, 0.05) is 0 Å². The van der Waals surface area contributed by atoms with Crippen molar-refractivity contribution >= 4 is 27.3 Å². The third-order valence-electron chi connectivity index (χ3n) is 3.07. The van der Waals surface area contributed by atoms with Gasteiger partial charge in [0.1, 0.15) is 0 Å². The number of rotatable bonds is 2. The fourth-order valence-corrected chi connectivity index (χ4v) is 5.87. The molecule has 112 valence electrons. The van der Waals surface area contributed by atoms with Crippen molar-refractivity contribution in [2.75, 3.05) is 0 Å². The Morgan fingerprint density at radius 1 is 1.23 bits per heavy atom. The van der Waals surface area contributed by atoms with E-state index >= 15 is 0 Å². The number of nitrogens with zero attached hydrogens (tertiary/aromatic N) is 6. The molecule has 8 nitrogen and oxygen atoms in total. The van der Waals surface area contributed by atoms with Gasteiger partial charge in [0.05, 0.1) is 0 Å². The molecular weight excluding hydrogens is 419 g/mol. The van der Waals surface area contributed by atoms with Crippen LogP contribution in [0.4, 0.5) is 0 Å². The van der Waals surface area contributed by atoms with Crippen molar-refractivity contribution in [3.8, 4) is 0 Å². The van der Waals surface area contributed by atoms with Crippen LogP contribution in [0.2, 0.25) is 0 Å². The summed E-state index contributed by atoms with van der Waals surface area (Å²) in [7, 11) is 1.53. The van der Waals surface area contributed by atoms with Crippen LogP contribution in [0.25, 0.3) is 15.7 Å². The quantitative estimate of drug-likeness (QED) is 0.317. The first-order chi connectivity index (χ1) is 10.6. The fourth-order valence-electron chi connectivity index (χ4n) is 1.99. The molecular formula is C12H8IN6O2S-. The molecule has 0 fully saturated rings. The Morgan fingerprint density at radius 3 is 2.86 bits per heavy atom. The molecule has 0 aliphatic heterocycles. The Balaban J connectivity index is 1.86. The van der Waals surface area contributed by atoms with E-state index in [0.717, 1.165) is 9.38 Å². The van der Waals surface area contributed by atoms with Crippen LogP contribution in [0, 0.1) is 3.70 Å². The standard InChI is InChI=1S/C12H8IN6O2S/c1-17-12(21)18-6-14-9(10(18)15-16-17)13-19-11(20)7-4-2-3-5-8(7)22-19/h2-6H,1H3/q-1. The summed E-state index contributed by atoms with van der Waals surface area (Å²) in [5, 5.41) is 8.49. The van der Waals surface area contributed by atoms with Gasteiger partial charge in [0.15, 0.2) is 0 Å². The summed E-state index contributed by atoms with van der Waals surface area (Å²) in [4.78, 5) is 28.6. The molecule has 10 heteroatoms. The van der Waals surface area contributed by atoms with E-state index in [2.05, 4.69) is 15.3 Å². The van der Waals surface area contributed by atoms with Gasteiger partial charge in [-0.2, -0.15) is 0 Å². The molecule has 0 aliphatic carbocycles. The van der Waals surface area contributed by atoms with E-state index in [1.165, 1.54) is 29.3 Å². The molecule has 4 rings (SSSR count). The van der Waals surface area contributed by atoms with Gasteiger partial charge in [-0.3, -0.25) is 0 Å². The van der Waals surface area contributed by atoms with Crippen molar-refractivity contribution in [2.24, 2.45) is 7.05 Å². The second kappa shape index (κ2) is 4.98. The third-order valence-corrected chi connectivity index (χ3v) is 7.10. The van der Waals surface area contributed by atoms with Gasteiger partial charge in [0.25, 0.3) is 0 Å². The van der Waals surface area contributed by atoms with Crippen LogP contribution < -0.4 is 32.7 Å². The van der Waals surface area contributed by atoms with Gasteiger partial charge in [0.2, 0.25) is 0 Å². The molecule has 0 amide bonds. The monoisotopic (exact) mass is 427 g/mol. The predicted molar refractivity (Wildman–Crippen MR) is 76.2 cm³/mol. The Labute approximate surface area is 137 Å². The first-order valence-electron chi connectivity index (χ1n) is 6.19. The molecule has 0 unspecified atom stereocenters. The number of hydrogen-bond donors (Lipinski definition) is 0. The zero-order valence-corrected chi connectivity index (χ0v) is 14.1. The number of halogens is 1. The van der Waals surface area contributed by atoms with Crippen LogP contribution in [-0.4, -0.2) is 26.5 Å². The molecule has 3 heterocycles. The maximum absolute atomic E-state index is 12.4. The molecule has 0 spiro atoms. The first-order valence-corrected chi connectivity index (χ1v) is 9.00. The predicted octanol–water partition coefficient (Wildman–Crippen LogP) is -3.08. The topological polar surface area (TPSA) is 87.1 Å². The average Bonchev–Trinajstić information content (AvgIpc) is 3.07. The van der Waals surface area contributed by atoms with Gasteiger partial charge in [-0.15, -0.1) is 0 Å². The van der Waals surface area contributed by atoms with E-state index in [4.69, 9.17) is 0 Å². The normalized spacial score (nSPS) is 11.7. The van der Waals surface area contributed by atoms with Gasteiger partial charge in [-0.25, -0.2) is 0 Å². The van der Waals surface area contributed by atoms with Crippen molar-refractivity contribution in [3.63, 3.8) is 0 Å². The molecule has 0 N–H and O–H groups in total. The Kier molecular flexibility index (Phi) is 3.07. The summed E-state index contributed by atoms with van der Waals surface area (Å²) < 4.78 is 5.80. The van der Waals surface area contributed by atoms with Crippen LogP contribution in [-0.2, 0) is 7.05 Å². The minimum absolute atomic E-state index is 0.0219. The van der Waals surface area contributed by atoms with Crippen molar-refractivity contribution in [3.05, 3.63) is 55.1 Å². The molecule has 1 aromatic carbocycles. The Morgan fingerprint density at radius 2 is 2.05 bits per heavy atom. The van der Waals surface area contributed by atoms with Gasteiger partial charge in [-0.1, -0.05) is 0 Å². The second-order valence-corrected chi connectivity index (χ2v) is 8.56. The van der Waals surface area contributed by atoms with E-state index in [1.54, 1.807) is 2.17 Å². The number of fused-ring (bicyclic) bond motifs is 2. The molecule has 0 radical (unpaired) electrons. The number of imidazole rings is 1. The van der Waals surface area contributed by atoms with Crippen molar-refractivity contribution < 1.29 is 21.5 Å². The van der Waals surface area contributed by atoms with Gasteiger partial charge >= 0.3 is 137 Å². The molecule has 4 aromatic rings. The van der Waals surface area contributed by atoms with E-state index in [9.17, 15) is 9.59 Å². The molecule has 3 aromatic heterocycles. The van der Waals surface area contributed by atoms with Crippen molar-refractivity contribution in [1.29, 1.82) is 0 Å². The van der Waals surface area contributed by atoms with Gasteiger partial charge < -0.3 is 0 Å². The second-order valence-electron chi connectivity index (χ2n) is 4.45. The van der Waals surface area contributed by atoms with Crippen molar-refractivity contribution in [1.82, 2.24) is 26.5 Å². The molecule has 0 saturated carbocycles.